The molecule has 33 heavy (non-hydrogen) atoms. The molecule has 1 saturated heterocycles. The molecule has 1 fully saturated rings. The monoisotopic (exact) mass is 480 g/mol. The van der Waals surface area contributed by atoms with Gasteiger partial charge in [-0.3, -0.25) is 24.1 Å². The Morgan fingerprint density at radius 3 is 2.55 bits per heavy atom. The summed E-state index contributed by atoms with van der Waals surface area (Å²) in [6.45, 7) is 1.08. The van der Waals surface area contributed by atoms with Crippen molar-refractivity contribution >= 4 is 58.0 Å². The van der Waals surface area contributed by atoms with E-state index in [-0.39, 0.29) is 10.7 Å². The van der Waals surface area contributed by atoms with Crippen molar-refractivity contribution in [3.63, 3.8) is 0 Å². The third kappa shape index (κ3) is 5.24. The molecule has 0 saturated carbocycles. The number of carbonyl (C=O) groups excluding carboxylic acids is 4. The van der Waals surface area contributed by atoms with Crippen LogP contribution < -0.4 is 5.32 Å². The van der Waals surface area contributed by atoms with Gasteiger partial charge in [-0.1, -0.05) is 41.9 Å². The SMILES string of the molecule is CC(=O)c1ccc(-c2ccc(/C=C3/SC(=O)N(CC(=O)Nc4cccc(Cl)c4)C3=O)o2)cc1. The number of hydrogen-bond donors (Lipinski definition) is 1. The summed E-state index contributed by atoms with van der Waals surface area (Å²) < 4.78 is 5.77. The maximum Gasteiger partial charge on any atom is 0.294 e. The van der Waals surface area contributed by atoms with Gasteiger partial charge in [0.1, 0.15) is 18.1 Å². The first-order chi connectivity index (χ1) is 15.8. The van der Waals surface area contributed by atoms with Gasteiger partial charge in [0.15, 0.2) is 5.78 Å². The lowest BCUT2D eigenvalue weighted by Crippen LogP contribution is -2.36. The Morgan fingerprint density at radius 1 is 1.09 bits per heavy atom. The first-order valence-electron chi connectivity index (χ1n) is 9.82. The number of halogens is 1. The Bertz CT molecular complexity index is 1300. The van der Waals surface area contributed by atoms with Crippen molar-refractivity contribution in [3.8, 4) is 11.3 Å². The number of imide groups is 1. The van der Waals surface area contributed by atoms with Crippen LogP contribution in [0.3, 0.4) is 0 Å². The zero-order chi connectivity index (χ0) is 23.5. The lowest BCUT2D eigenvalue weighted by atomic mass is 10.1. The number of nitrogens with one attached hydrogen (secondary N) is 1. The minimum atomic E-state index is -0.574. The summed E-state index contributed by atoms with van der Waals surface area (Å²) in [6.07, 6.45) is 1.47. The zero-order valence-corrected chi connectivity index (χ0v) is 18.9. The van der Waals surface area contributed by atoms with E-state index in [1.807, 2.05) is 0 Å². The van der Waals surface area contributed by atoms with E-state index in [1.165, 1.54) is 13.0 Å². The van der Waals surface area contributed by atoms with Crippen LogP contribution in [0.2, 0.25) is 5.02 Å². The maximum atomic E-state index is 12.7. The average Bonchev–Trinajstić information content (AvgIpc) is 3.34. The Morgan fingerprint density at radius 2 is 1.85 bits per heavy atom. The van der Waals surface area contributed by atoms with Gasteiger partial charge in [0.05, 0.1) is 4.91 Å². The highest BCUT2D eigenvalue weighted by molar-refractivity contribution is 8.18. The standard InChI is InChI=1S/C24H17ClN2O5S/c1-14(28)15-5-7-16(8-6-15)20-10-9-19(32-20)12-21-23(30)27(24(31)33-21)13-22(29)26-18-4-2-3-17(25)11-18/h2-12H,13H2,1H3,(H,26,29)/b21-12+. The van der Waals surface area contributed by atoms with Gasteiger partial charge in [-0.2, -0.15) is 0 Å². The number of anilines is 1. The lowest BCUT2D eigenvalue weighted by Gasteiger charge is -2.12. The van der Waals surface area contributed by atoms with Crippen molar-refractivity contribution in [2.75, 3.05) is 11.9 Å². The largest absolute Gasteiger partial charge is 0.457 e. The highest BCUT2D eigenvalue weighted by Crippen LogP contribution is 2.33. The molecule has 3 aromatic rings. The number of Topliss-reactive ketones (excluding diaryl/α,β-unsaturated/α-hetero) is 1. The molecule has 2 aromatic carbocycles. The number of amides is 3. The quantitative estimate of drug-likeness (QED) is 0.371. The van der Waals surface area contributed by atoms with E-state index in [1.54, 1.807) is 60.7 Å². The van der Waals surface area contributed by atoms with Gasteiger partial charge in [-0.25, -0.2) is 0 Å². The summed E-state index contributed by atoms with van der Waals surface area (Å²) in [5.41, 5.74) is 1.83. The second-order valence-electron chi connectivity index (χ2n) is 7.16. The molecule has 1 aromatic heterocycles. The third-order valence-electron chi connectivity index (χ3n) is 4.76. The van der Waals surface area contributed by atoms with Crippen molar-refractivity contribution in [1.82, 2.24) is 4.90 Å². The summed E-state index contributed by atoms with van der Waals surface area (Å²) in [4.78, 5) is 49.7. The van der Waals surface area contributed by atoms with Gasteiger partial charge >= 0.3 is 0 Å². The molecule has 0 atom stereocenters. The summed E-state index contributed by atoms with van der Waals surface area (Å²) in [7, 11) is 0. The Labute approximate surface area is 198 Å². The molecule has 2 heterocycles. The zero-order valence-electron chi connectivity index (χ0n) is 17.3. The molecule has 9 heteroatoms. The lowest BCUT2D eigenvalue weighted by molar-refractivity contribution is -0.127. The fourth-order valence-electron chi connectivity index (χ4n) is 3.13. The van der Waals surface area contributed by atoms with Crippen LogP contribution in [0.15, 0.2) is 70.0 Å². The van der Waals surface area contributed by atoms with Crippen molar-refractivity contribution < 1.29 is 23.6 Å². The maximum absolute atomic E-state index is 12.7. The predicted molar refractivity (Wildman–Crippen MR) is 127 cm³/mol. The second-order valence-corrected chi connectivity index (χ2v) is 8.59. The fraction of sp³-hybridized carbons (Fsp3) is 0.0833. The smallest absolute Gasteiger partial charge is 0.294 e. The summed E-state index contributed by atoms with van der Waals surface area (Å²) in [5.74, 6) is -0.185. The molecule has 0 bridgehead atoms. The first kappa shape index (κ1) is 22.6. The van der Waals surface area contributed by atoms with Gasteiger partial charge < -0.3 is 9.73 Å². The van der Waals surface area contributed by atoms with Gasteiger partial charge in [-0.15, -0.1) is 0 Å². The number of rotatable bonds is 6. The highest BCUT2D eigenvalue weighted by atomic mass is 35.5. The highest BCUT2D eigenvalue weighted by Gasteiger charge is 2.36. The molecule has 0 spiro atoms. The predicted octanol–water partition coefficient (Wildman–Crippen LogP) is 5.48. The molecular weight excluding hydrogens is 464 g/mol. The van der Waals surface area contributed by atoms with Crippen molar-refractivity contribution in [2.24, 2.45) is 0 Å². The fourth-order valence-corrected chi connectivity index (χ4v) is 4.14. The Balaban J connectivity index is 1.44. The molecule has 0 radical (unpaired) electrons. The van der Waals surface area contributed by atoms with Crippen molar-refractivity contribution in [2.45, 2.75) is 6.92 Å². The molecule has 0 aliphatic carbocycles. The normalized spacial score (nSPS) is 14.7. The van der Waals surface area contributed by atoms with E-state index in [4.69, 9.17) is 16.0 Å². The number of benzene rings is 2. The van der Waals surface area contributed by atoms with Gasteiger partial charge in [-0.05, 0) is 49.0 Å². The molecule has 1 aliphatic rings. The van der Waals surface area contributed by atoms with Crippen LogP contribution in [0.25, 0.3) is 17.4 Å². The minimum Gasteiger partial charge on any atom is -0.457 e. The summed E-state index contributed by atoms with van der Waals surface area (Å²) in [6, 6.07) is 16.9. The number of nitrogens with zero attached hydrogens (tertiary/aromatic N) is 1. The number of hydrogen-bond acceptors (Lipinski definition) is 6. The van der Waals surface area contributed by atoms with Crippen LogP contribution in [-0.4, -0.2) is 34.3 Å². The van der Waals surface area contributed by atoms with E-state index in [2.05, 4.69) is 5.32 Å². The van der Waals surface area contributed by atoms with E-state index < -0.39 is 23.6 Å². The molecule has 3 amide bonds. The molecule has 166 valence electrons. The van der Waals surface area contributed by atoms with Crippen LogP contribution in [0, 0.1) is 0 Å². The van der Waals surface area contributed by atoms with Gasteiger partial charge in [0, 0.05) is 27.9 Å². The minimum absolute atomic E-state index is 0.0290. The summed E-state index contributed by atoms with van der Waals surface area (Å²) in [5, 5.41) is 2.52. The first-order valence-corrected chi connectivity index (χ1v) is 11.0. The molecular formula is C24H17ClN2O5S. The molecule has 0 unspecified atom stereocenters. The van der Waals surface area contributed by atoms with Crippen molar-refractivity contribution in [1.29, 1.82) is 0 Å². The Kier molecular flexibility index (Phi) is 6.48. The van der Waals surface area contributed by atoms with Gasteiger partial charge in [0.2, 0.25) is 5.91 Å². The van der Waals surface area contributed by atoms with E-state index in [0.717, 1.165) is 22.2 Å². The topological polar surface area (TPSA) is 96.7 Å². The molecule has 7 nitrogen and oxygen atoms in total. The third-order valence-corrected chi connectivity index (χ3v) is 5.90. The van der Waals surface area contributed by atoms with E-state index >= 15 is 0 Å². The second kappa shape index (κ2) is 9.48. The van der Waals surface area contributed by atoms with E-state index in [0.29, 0.717) is 27.8 Å². The van der Waals surface area contributed by atoms with E-state index in [9.17, 15) is 19.2 Å². The van der Waals surface area contributed by atoms with Crippen LogP contribution in [-0.2, 0) is 9.59 Å². The number of carbonyl (C=O) groups is 4. The summed E-state index contributed by atoms with van der Waals surface area (Å²) >= 11 is 6.64. The number of furan rings is 1. The average molecular weight is 481 g/mol. The Hall–Kier alpha value is -3.62. The van der Waals surface area contributed by atoms with Crippen molar-refractivity contribution in [3.05, 3.63) is 81.9 Å². The molecule has 1 N–H and O–H groups in total. The number of thioether (sulfide) groups is 1. The molecule has 1 aliphatic heterocycles. The molecule has 4 rings (SSSR count). The number of ketones is 1. The van der Waals surface area contributed by atoms with Crippen LogP contribution >= 0.6 is 23.4 Å². The van der Waals surface area contributed by atoms with Crippen LogP contribution in [0.4, 0.5) is 10.5 Å². The van der Waals surface area contributed by atoms with Crippen LogP contribution in [0.5, 0.6) is 0 Å². The van der Waals surface area contributed by atoms with Gasteiger partial charge in [0.25, 0.3) is 11.1 Å². The van der Waals surface area contributed by atoms with Crippen LogP contribution in [0.1, 0.15) is 23.0 Å².